The van der Waals surface area contributed by atoms with Crippen LogP contribution in [0.15, 0.2) is 60.8 Å². The zero-order valence-electron chi connectivity index (χ0n) is 13.9. The van der Waals surface area contributed by atoms with Crippen molar-refractivity contribution in [1.29, 1.82) is 0 Å². The first-order valence-electron chi connectivity index (χ1n) is 8.02. The van der Waals surface area contributed by atoms with Crippen LogP contribution in [0.3, 0.4) is 0 Å². The van der Waals surface area contributed by atoms with Crippen LogP contribution in [-0.4, -0.2) is 14.5 Å². The van der Waals surface area contributed by atoms with Crippen LogP contribution in [0.5, 0.6) is 5.75 Å². The monoisotopic (exact) mass is 383 g/mol. The summed E-state index contributed by atoms with van der Waals surface area (Å²) in [6, 6.07) is 16.3. The smallest absolute Gasteiger partial charge is 0.143 e. The van der Waals surface area contributed by atoms with E-state index in [4.69, 9.17) is 28.2 Å². The lowest BCUT2D eigenvalue weighted by Gasteiger charge is -2.12. The third-order valence-electron chi connectivity index (χ3n) is 4.24. The van der Waals surface area contributed by atoms with Gasteiger partial charge in [-0.1, -0.05) is 29.3 Å². The van der Waals surface area contributed by atoms with Crippen LogP contribution >= 0.6 is 23.2 Å². The number of pyridine rings is 1. The maximum atomic E-state index is 9.58. The summed E-state index contributed by atoms with van der Waals surface area (Å²) in [5, 5.41) is 14.3. The minimum Gasteiger partial charge on any atom is -0.508 e. The molecule has 2 heterocycles. The molecule has 6 heteroatoms. The maximum absolute atomic E-state index is 9.58. The van der Waals surface area contributed by atoms with Crippen LogP contribution in [0, 0.1) is 6.92 Å². The summed E-state index contributed by atoms with van der Waals surface area (Å²) in [5.74, 6) is 0.985. The molecule has 4 nitrogen and oxygen atoms in total. The number of fused-ring (bicyclic) bond motifs is 1. The van der Waals surface area contributed by atoms with Gasteiger partial charge in [0.25, 0.3) is 0 Å². The highest BCUT2D eigenvalue weighted by Gasteiger charge is 2.16. The summed E-state index contributed by atoms with van der Waals surface area (Å²) in [5.41, 5.74) is 4.23. The summed E-state index contributed by atoms with van der Waals surface area (Å²) >= 11 is 12.5. The van der Waals surface area contributed by atoms with E-state index in [-0.39, 0.29) is 5.75 Å². The number of nitrogens with zero attached hydrogens (tertiary/aromatic N) is 2. The Morgan fingerprint density at radius 2 is 1.77 bits per heavy atom. The minimum absolute atomic E-state index is 0.209. The highest BCUT2D eigenvalue weighted by Crippen LogP contribution is 2.34. The van der Waals surface area contributed by atoms with Crippen LogP contribution in [-0.2, 0) is 0 Å². The summed E-state index contributed by atoms with van der Waals surface area (Å²) in [6.45, 7) is 1.96. The first-order valence-corrected chi connectivity index (χ1v) is 8.77. The van der Waals surface area contributed by atoms with Gasteiger partial charge in [0.1, 0.15) is 22.9 Å². The number of imidazole rings is 1. The van der Waals surface area contributed by atoms with E-state index in [9.17, 15) is 5.11 Å². The molecule has 0 spiro atoms. The van der Waals surface area contributed by atoms with E-state index in [0.717, 1.165) is 34.0 Å². The van der Waals surface area contributed by atoms with E-state index in [2.05, 4.69) is 5.32 Å². The lowest BCUT2D eigenvalue weighted by Crippen LogP contribution is -1.99. The standard InChI is InChI=1S/C20H15Cl2N3O/c1-12-16(22)3-2-4-17(12)23-20-19(13-5-8-15(26)9-6-13)24-18-10-7-14(21)11-25(18)20/h2-11,23,26H,1H3. The summed E-state index contributed by atoms with van der Waals surface area (Å²) in [7, 11) is 0. The largest absolute Gasteiger partial charge is 0.508 e. The number of phenolic OH excluding ortho intramolecular Hbond substituents is 1. The fourth-order valence-electron chi connectivity index (χ4n) is 2.83. The Labute approximate surface area is 160 Å². The quantitative estimate of drug-likeness (QED) is 0.451. The Morgan fingerprint density at radius 3 is 2.54 bits per heavy atom. The molecule has 0 aliphatic carbocycles. The molecule has 26 heavy (non-hydrogen) atoms. The number of anilines is 2. The van der Waals surface area contributed by atoms with Crippen molar-refractivity contribution in [3.63, 3.8) is 0 Å². The van der Waals surface area contributed by atoms with Crippen LogP contribution in [0.4, 0.5) is 11.5 Å². The molecule has 0 fully saturated rings. The number of hydrogen-bond donors (Lipinski definition) is 2. The van der Waals surface area contributed by atoms with E-state index < -0.39 is 0 Å². The number of hydrogen-bond acceptors (Lipinski definition) is 3. The van der Waals surface area contributed by atoms with E-state index >= 15 is 0 Å². The number of benzene rings is 2. The summed E-state index contributed by atoms with van der Waals surface area (Å²) < 4.78 is 1.91. The fraction of sp³-hybridized carbons (Fsp3) is 0.0500. The number of phenols is 1. The summed E-state index contributed by atoms with van der Waals surface area (Å²) in [4.78, 5) is 4.73. The molecule has 0 unspecified atom stereocenters. The summed E-state index contributed by atoms with van der Waals surface area (Å²) in [6.07, 6.45) is 1.82. The fourth-order valence-corrected chi connectivity index (χ4v) is 3.16. The molecule has 2 aromatic carbocycles. The van der Waals surface area contributed by atoms with Gasteiger partial charge in [-0.25, -0.2) is 4.98 Å². The third-order valence-corrected chi connectivity index (χ3v) is 4.88. The van der Waals surface area contributed by atoms with Gasteiger partial charge in [0, 0.05) is 22.5 Å². The molecular weight excluding hydrogens is 369 g/mol. The molecule has 4 rings (SSSR count). The SMILES string of the molecule is Cc1c(Cl)cccc1Nc1c(-c2ccc(O)cc2)nc2ccc(Cl)cn12. The van der Waals surface area contributed by atoms with Crippen molar-refractivity contribution in [2.75, 3.05) is 5.32 Å². The van der Waals surface area contributed by atoms with Gasteiger partial charge in [0.15, 0.2) is 0 Å². The van der Waals surface area contributed by atoms with Gasteiger partial charge in [-0.2, -0.15) is 0 Å². The second kappa shape index (κ2) is 6.56. The molecule has 0 radical (unpaired) electrons. The first-order chi connectivity index (χ1) is 12.5. The van der Waals surface area contributed by atoms with E-state index in [0.29, 0.717) is 10.0 Å². The van der Waals surface area contributed by atoms with Crippen molar-refractivity contribution in [2.45, 2.75) is 6.92 Å². The van der Waals surface area contributed by atoms with Crippen molar-refractivity contribution in [3.05, 3.63) is 76.4 Å². The van der Waals surface area contributed by atoms with Crippen LogP contribution in [0.2, 0.25) is 10.0 Å². The molecule has 4 aromatic rings. The number of rotatable bonds is 3. The molecule has 0 aliphatic rings. The van der Waals surface area contributed by atoms with E-state index in [1.54, 1.807) is 18.2 Å². The van der Waals surface area contributed by atoms with Crippen molar-refractivity contribution < 1.29 is 5.11 Å². The molecular formula is C20H15Cl2N3O. The first kappa shape index (κ1) is 16.8. The van der Waals surface area contributed by atoms with Crippen LogP contribution in [0.1, 0.15) is 5.56 Å². The Hall–Kier alpha value is -2.69. The zero-order valence-corrected chi connectivity index (χ0v) is 15.4. The molecule has 0 saturated carbocycles. The third kappa shape index (κ3) is 2.98. The van der Waals surface area contributed by atoms with Gasteiger partial charge in [-0.15, -0.1) is 0 Å². The van der Waals surface area contributed by atoms with E-state index in [1.165, 1.54) is 0 Å². The predicted molar refractivity (Wildman–Crippen MR) is 107 cm³/mol. The Balaban J connectivity index is 1.93. The maximum Gasteiger partial charge on any atom is 0.143 e. The number of aromatic nitrogens is 2. The van der Waals surface area contributed by atoms with Gasteiger partial charge in [0.2, 0.25) is 0 Å². The second-order valence-corrected chi connectivity index (χ2v) is 6.81. The van der Waals surface area contributed by atoms with Crippen molar-refractivity contribution >= 4 is 40.4 Å². The Bertz CT molecular complexity index is 1100. The molecule has 2 aromatic heterocycles. The Kier molecular flexibility index (Phi) is 4.23. The number of halogens is 2. The predicted octanol–water partition coefficient (Wildman–Crippen LogP) is 6.07. The lowest BCUT2D eigenvalue weighted by molar-refractivity contribution is 0.475. The zero-order chi connectivity index (χ0) is 18.3. The van der Waals surface area contributed by atoms with Crippen LogP contribution < -0.4 is 5.32 Å². The highest BCUT2D eigenvalue weighted by atomic mass is 35.5. The van der Waals surface area contributed by atoms with Gasteiger partial charge >= 0.3 is 0 Å². The topological polar surface area (TPSA) is 49.6 Å². The average Bonchev–Trinajstić information content (AvgIpc) is 2.97. The average molecular weight is 384 g/mol. The van der Waals surface area contributed by atoms with Gasteiger partial charge in [-0.3, -0.25) is 4.40 Å². The lowest BCUT2D eigenvalue weighted by atomic mass is 10.1. The Morgan fingerprint density at radius 1 is 1.00 bits per heavy atom. The minimum atomic E-state index is 0.209. The van der Waals surface area contributed by atoms with Crippen molar-refractivity contribution in [1.82, 2.24) is 9.38 Å². The van der Waals surface area contributed by atoms with Crippen molar-refractivity contribution in [2.24, 2.45) is 0 Å². The van der Waals surface area contributed by atoms with E-state index in [1.807, 2.05) is 53.9 Å². The molecule has 0 atom stereocenters. The second-order valence-electron chi connectivity index (χ2n) is 5.97. The van der Waals surface area contributed by atoms with Crippen molar-refractivity contribution in [3.8, 4) is 17.0 Å². The number of nitrogens with one attached hydrogen (secondary N) is 1. The van der Waals surface area contributed by atoms with Gasteiger partial charge in [0.05, 0.1) is 5.02 Å². The van der Waals surface area contributed by atoms with Gasteiger partial charge < -0.3 is 10.4 Å². The van der Waals surface area contributed by atoms with Gasteiger partial charge in [-0.05, 0) is 61.0 Å². The molecule has 2 N–H and O–H groups in total. The molecule has 0 amide bonds. The molecule has 0 bridgehead atoms. The number of aromatic hydroxyl groups is 1. The highest BCUT2D eigenvalue weighted by molar-refractivity contribution is 6.31. The normalized spacial score (nSPS) is 11.0. The molecule has 130 valence electrons. The molecule has 0 aliphatic heterocycles. The molecule has 0 saturated heterocycles. The van der Waals surface area contributed by atoms with Crippen LogP contribution in [0.25, 0.3) is 16.9 Å².